The molecule has 9 heteroatoms. The van der Waals surface area contributed by atoms with Crippen LogP contribution in [-0.4, -0.2) is 75.9 Å². The summed E-state index contributed by atoms with van der Waals surface area (Å²) < 4.78 is 15.3. The lowest BCUT2D eigenvalue weighted by atomic mass is 9.99. The van der Waals surface area contributed by atoms with Gasteiger partial charge in [-0.3, -0.25) is 0 Å². The van der Waals surface area contributed by atoms with Crippen LogP contribution in [0.5, 0.6) is 5.75 Å². The second-order valence-electron chi connectivity index (χ2n) is 5.41. The number of carboxylic acids is 1. The molecule has 1 saturated heterocycles. The maximum Gasteiger partial charge on any atom is 0.371 e. The van der Waals surface area contributed by atoms with Crippen LogP contribution >= 0.6 is 0 Å². The Morgan fingerprint density at radius 1 is 1.24 bits per heavy atom. The highest BCUT2D eigenvalue weighted by Crippen LogP contribution is 2.25. The molecule has 1 aromatic rings. The molecule has 1 fully saturated rings. The summed E-state index contributed by atoms with van der Waals surface area (Å²) in [6.07, 6.45) is -6.52. The van der Waals surface area contributed by atoms with E-state index >= 15 is 0 Å². The lowest BCUT2D eigenvalue weighted by Crippen LogP contribution is -2.59. The monoisotopic (exact) mass is 356 g/mol. The van der Waals surface area contributed by atoms with Crippen LogP contribution in [0, 0.1) is 0 Å². The smallest absolute Gasteiger partial charge is 0.371 e. The summed E-state index contributed by atoms with van der Waals surface area (Å²) >= 11 is 0. The molecule has 9 nitrogen and oxygen atoms in total. The maximum atomic E-state index is 11.4. The number of aliphatic carboxylic acids is 1. The third-order valence-electron chi connectivity index (χ3n) is 3.69. The third kappa shape index (κ3) is 4.47. The van der Waals surface area contributed by atoms with Crippen LogP contribution in [0.2, 0.25) is 0 Å². The van der Waals surface area contributed by atoms with Crippen molar-refractivity contribution in [3.63, 3.8) is 0 Å². The number of hydrogen-bond acceptors (Lipinski definition) is 8. The van der Waals surface area contributed by atoms with E-state index in [-0.39, 0.29) is 0 Å². The summed E-state index contributed by atoms with van der Waals surface area (Å²) in [6.45, 7) is -0.646. The molecule has 5 atom stereocenters. The first-order valence-corrected chi connectivity index (χ1v) is 7.43. The lowest BCUT2D eigenvalue weighted by molar-refractivity contribution is -0.291. The average molecular weight is 356 g/mol. The zero-order valence-corrected chi connectivity index (χ0v) is 13.3. The van der Waals surface area contributed by atoms with Gasteiger partial charge in [0.05, 0.1) is 13.7 Å². The van der Waals surface area contributed by atoms with Gasteiger partial charge < -0.3 is 39.7 Å². The first-order valence-electron chi connectivity index (χ1n) is 7.43. The van der Waals surface area contributed by atoms with Crippen molar-refractivity contribution in [2.75, 3.05) is 13.7 Å². The molecule has 2 rings (SSSR count). The van der Waals surface area contributed by atoms with E-state index in [0.29, 0.717) is 11.3 Å². The Hall–Kier alpha value is -2.17. The van der Waals surface area contributed by atoms with E-state index in [1.54, 1.807) is 24.3 Å². The summed E-state index contributed by atoms with van der Waals surface area (Å²) in [5, 5.41) is 47.8. The van der Waals surface area contributed by atoms with Crippen LogP contribution in [0.15, 0.2) is 30.0 Å². The van der Waals surface area contributed by atoms with Crippen molar-refractivity contribution in [3.8, 4) is 5.75 Å². The van der Waals surface area contributed by atoms with Gasteiger partial charge in [-0.15, -0.1) is 0 Å². The van der Waals surface area contributed by atoms with Crippen molar-refractivity contribution < 1.29 is 44.5 Å². The van der Waals surface area contributed by atoms with Crippen LogP contribution in [0.3, 0.4) is 0 Å². The number of carboxylic acid groups (broad SMARTS) is 1. The van der Waals surface area contributed by atoms with Gasteiger partial charge in [0.1, 0.15) is 30.2 Å². The second kappa shape index (κ2) is 8.28. The molecule has 5 N–H and O–H groups in total. The van der Waals surface area contributed by atoms with Crippen LogP contribution in [0.4, 0.5) is 0 Å². The highest BCUT2D eigenvalue weighted by atomic mass is 16.7. The zero-order chi connectivity index (χ0) is 18.6. The molecular weight excluding hydrogens is 336 g/mol. The topological polar surface area (TPSA) is 146 Å². The van der Waals surface area contributed by atoms with E-state index in [0.717, 1.165) is 0 Å². The standard InChI is InChI=1S/C16H20O9/c1-23-9-4-2-3-8(5-9)6-10(15(21)22)24-16-14(20)13(19)12(18)11(7-17)25-16/h2-6,11-14,16-20H,7H2,1H3,(H,21,22)/t11-,12-,13+,14-,16-/m0/s1. The van der Waals surface area contributed by atoms with Crippen molar-refractivity contribution >= 4 is 12.0 Å². The maximum absolute atomic E-state index is 11.4. The van der Waals surface area contributed by atoms with Gasteiger partial charge in [-0.05, 0) is 23.8 Å². The number of benzene rings is 1. The van der Waals surface area contributed by atoms with E-state index in [1.165, 1.54) is 13.2 Å². The molecule has 0 aromatic heterocycles. The molecule has 1 aliphatic heterocycles. The van der Waals surface area contributed by atoms with Gasteiger partial charge in [0.2, 0.25) is 12.0 Å². The quantitative estimate of drug-likeness (QED) is 0.318. The van der Waals surface area contributed by atoms with Crippen LogP contribution in [0.1, 0.15) is 5.56 Å². The van der Waals surface area contributed by atoms with Crippen molar-refractivity contribution in [1.29, 1.82) is 0 Å². The number of methoxy groups -OCH3 is 1. The van der Waals surface area contributed by atoms with Gasteiger partial charge in [0.25, 0.3) is 0 Å². The Kier molecular flexibility index (Phi) is 6.34. The molecule has 138 valence electrons. The third-order valence-corrected chi connectivity index (χ3v) is 3.69. The molecule has 1 aromatic carbocycles. The van der Waals surface area contributed by atoms with Crippen molar-refractivity contribution in [3.05, 3.63) is 35.6 Å². The van der Waals surface area contributed by atoms with Gasteiger partial charge >= 0.3 is 5.97 Å². The van der Waals surface area contributed by atoms with Crippen molar-refractivity contribution in [1.82, 2.24) is 0 Å². The van der Waals surface area contributed by atoms with Gasteiger partial charge in [0, 0.05) is 0 Å². The van der Waals surface area contributed by atoms with Crippen molar-refractivity contribution in [2.24, 2.45) is 0 Å². The molecule has 0 spiro atoms. The number of ether oxygens (including phenoxy) is 3. The number of carbonyl (C=O) groups is 1. The molecule has 0 radical (unpaired) electrons. The Balaban J connectivity index is 2.23. The van der Waals surface area contributed by atoms with E-state index in [2.05, 4.69) is 0 Å². The molecule has 0 amide bonds. The molecule has 0 aliphatic carbocycles. The molecule has 1 aliphatic rings. The number of rotatable bonds is 6. The fourth-order valence-corrected chi connectivity index (χ4v) is 2.32. The highest BCUT2D eigenvalue weighted by Gasteiger charge is 2.45. The number of hydrogen-bond donors (Lipinski definition) is 5. The summed E-state index contributed by atoms with van der Waals surface area (Å²) in [5.74, 6) is -1.48. The van der Waals surface area contributed by atoms with E-state index in [9.17, 15) is 25.2 Å². The predicted octanol–water partition coefficient (Wildman–Crippen LogP) is -1.06. The van der Waals surface area contributed by atoms with Gasteiger partial charge in [-0.1, -0.05) is 12.1 Å². The molecule has 0 saturated carbocycles. The summed E-state index contributed by atoms with van der Waals surface area (Å²) in [4.78, 5) is 11.4. The molecule has 1 heterocycles. The summed E-state index contributed by atoms with van der Waals surface area (Å²) in [5.41, 5.74) is 0.460. The van der Waals surface area contributed by atoms with Crippen molar-refractivity contribution in [2.45, 2.75) is 30.7 Å². The van der Waals surface area contributed by atoms with Crippen LogP contribution < -0.4 is 4.74 Å². The first-order chi connectivity index (χ1) is 11.9. The largest absolute Gasteiger partial charge is 0.497 e. The van der Waals surface area contributed by atoms with E-state index in [4.69, 9.17) is 19.3 Å². The normalized spacial score (nSPS) is 30.0. The fourth-order valence-electron chi connectivity index (χ4n) is 2.32. The fraction of sp³-hybridized carbons (Fsp3) is 0.438. The van der Waals surface area contributed by atoms with Gasteiger partial charge in [0.15, 0.2) is 0 Å². The highest BCUT2D eigenvalue weighted by molar-refractivity contribution is 5.89. The minimum absolute atomic E-state index is 0.460. The predicted molar refractivity (Wildman–Crippen MR) is 83.5 cm³/mol. The average Bonchev–Trinajstić information content (AvgIpc) is 2.61. The summed E-state index contributed by atoms with van der Waals surface area (Å²) in [6, 6.07) is 6.51. The summed E-state index contributed by atoms with van der Waals surface area (Å²) in [7, 11) is 1.46. The number of aliphatic hydroxyl groups is 4. The minimum Gasteiger partial charge on any atom is -0.497 e. The van der Waals surface area contributed by atoms with E-state index < -0.39 is 49.0 Å². The number of aliphatic hydroxyl groups excluding tert-OH is 4. The zero-order valence-electron chi connectivity index (χ0n) is 13.3. The first kappa shape index (κ1) is 19.2. The SMILES string of the molecule is COc1cccc(C=C(O[C@H]2O[C@@H](CO)[C@H](O)[C@@H](O)[C@@H]2O)C(=O)O)c1. The van der Waals surface area contributed by atoms with Crippen LogP contribution in [-0.2, 0) is 14.3 Å². The second-order valence-corrected chi connectivity index (χ2v) is 5.41. The Labute approximate surface area is 143 Å². The van der Waals surface area contributed by atoms with E-state index in [1.807, 2.05) is 0 Å². The van der Waals surface area contributed by atoms with Gasteiger partial charge in [-0.25, -0.2) is 4.79 Å². The lowest BCUT2D eigenvalue weighted by Gasteiger charge is -2.39. The van der Waals surface area contributed by atoms with Gasteiger partial charge in [-0.2, -0.15) is 0 Å². The molecular formula is C16H20O9. The minimum atomic E-state index is -1.70. The molecule has 25 heavy (non-hydrogen) atoms. The molecule has 0 unspecified atom stereocenters. The molecule has 0 bridgehead atoms. The Morgan fingerprint density at radius 2 is 1.96 bits per heavy atom. The Bertz CT molecular complexity index is 628. The van der Waals surface area contributed by atoms with Crippen LogP contribution in [0.25, 0.3) is 6.08 Å². The Morgan fingerprint density at radius 3 is 2.56 bits per heavy atom.